The molecule has 3 N–H and O–H groups in total. The molecular formula is C23H39Br2I4N3O2V-. The molecule has 0 aliphatic rings. The summed E-state index contributed by atoms with van der Waals surface area (Å²) in [7, 11) is 1.00. The van der Waals surface area contributed by atoms with Crippen molar-refractivity contribution in [2.75, 3.05) is 17.3 Å². The number of aromatic nitrogens is 2. The first-order chi connectivity index (χ1) is 16.3. The molecule has 0 aliphatic carbocycles. The summed E-state index contributed by atoms with van der Waals surface area (Å²) in [4.78, 5) is 17.1. The second-order valence-corrected chi connectivity index (χ2v) is 45.1. The molecule has 0 bridgehead atoms. The first-order valence-electron chi connectivity index (χ1n) is 10.3. The van der Waals surface area contributed by atoms with Crippen LogP contribution in [0, 0.1) is 12.8 Å². The van der Waals surface area contributed by atoms with Crippen LogP contribution in [0.4, 0.5) is 5.69 Å². The number of nitrogens with zero attached hydrogens (tertiary/aromatic N) is 2. The number of pyridine rings is 2. The quantitative estimate of drug-likeness (QED) is 0.178. The SMILES string of the molecule is CC(C)=O.CC(C)Cc1cncc(Br)c1.CCI.CO.Nc1cncc(Br)c1.[CH2-]CC.[I][V]([I])[I]. The average molecular weight is 1110 g/mol. The first kappa shape index (κ1) is 47.0. The Bertz CT molecular complexity index is 679. The van der Waals surface area contributed by atoms with Crippen LogP contribution in [0.1, 0.15) is 53.5 Å². The molecule has 0 aliphatic heterocycles. The second-order valence-electron chi connectivity index (χ2n) is 6.41. The number of anilines is 1. The molecule has 0 amide bonds. The number of rotatable bonds is 2. The van der Waals surface area contributed by atoms with E-state index in [0.717, 1.165) is 28.9 Å². The molecule has 206 valence electrons. The summed E-state index contributed by atoms with van der Waals surface area (Å²) < 4.78 is 3.20. The molecule has 12 heteroatoms. The third kappa shape index (κ3) is 61.7. The third-order valence-electron chi connectivity index (χ3n) is 2.13. The molecule has 2 rings (SSSR count). The van der Waals surface area contributed by atoms with Crippen LogP contribution in [0.2, 0.25) is 0 Å². The molecule has 0 radical (unpaired) electrons. The van der Waals surface area contributed by atoms with E-state index in [0.29, 0.717) is 11.6 Å². The Morgan fingerprint density at radius 2 is 1.34 bits per heavy atom. The number of nitrogen functional groups attached to an aromatic ring is 1. The van der Waals surface area contributed by atoms with Gasteiger partial charge in [-0.3, -0.25) is 9.97 Å². The van der Waals surface area contributed by atoms with Crippen molar-refractivity contribution in [1.82, 2.24) is 9.97 Å². The zero-order valence-corrected chi connectivity index (χ0v) is 34.6. The number of halogens is 6. The zero-order valence-electron chi connectivity index (χ0n) is 21.4. The van der Waals surface area contributed by atoms with Gasteiger partial charge < -0.3 is 22.6 Å². The van der Waals surface area contributed by atoms with Gasteiger partial charge in [0, 0.05) is 40.8 Å². The van der Waals surface area contributed by atoms with Crippen molar-refractivity contribution >= 4 is 126 Å². The minimum atomic E-state index is -0.278. The van der Waals surface area contributed by atoms with E-state index in [2.05, 4.69) is 158 Å². The van der Waals surface area contributed by atoms with Gasteiger partial charge in [-0.25, -0.2) is 0 Å². The third-order valence-corrected chi connectivity index (χ3v) is 3.00. The van der Waals surface area contributed by atoms with Gasteiger partial charge in [0.15, 0.2) is 0 Å². The molecule has 2 aromatic heterocycles. The fourth-order valence-corrected chi connectivity index (χ4v) is 2.26. The molecule has 5 nitrogen and oxygen atoms in total. The summed E-state index contributed by atoms with van der Waals surface area (Å²) in [5.74, 6) is 0.867. The molecule has 0 spiro atoms. The average Bonchev–Trinajstić information content (AvgIpc) is 2.70. The van der Waals surface area contributed by atoms with E-state index in [1.165, 1.54) is 23.8 Å². The predicted octanol–water partition coefficient (Wildman–Crippen LogP) is 10.00. The molecule has 0 saturated carbocycles. The van der Waals surface area contributed by atoms with E-state index in [1.807, 2.05) is 19.3 Å². The fraction of sp³-hybridized carbons (Fsp3) is 0.478. The summed E-state index contributed by atoms with van der Waals surface area (Å²) in [6.07, 6.45) is 9.13. The number of carbonyl (C=O) groups excluding carboxylic acids is 1. The normalized spacial score (nSPS) is 8.37. The summed E-state index contributed by atoms with van der Waals surface area (Å²) in [6.45, 7) is 15.1. The molecule has 0 aromatic carbocycles. The van der Waals surface area contributed by atoms with Crippen molar-refractivity contribution in [3.8, 4) is 0 Å². The van der Waals surface area contributed by atoms with Crippen LogP contribution in [-0.2, 0) is 16.1 Å². The first-order valence-corrected chi connectivity index (χ1v) is 26.9. The maximum atomic E-state index is 9.44. The van der Waals surface area contributed by atoms with Gasteiger partial charge in [-0.1, -0.05) is 50.3 Å². The molecule has 0 atom stereocenters. The Hall–Kier alpha value is 2.19. The summed E-state index contributed by atoms with van der Waals surface area (Å²) in [6, 6.07) is 3.92. The molecule has 2 aromatic rings. The van der Waals surface area contributed by atoms with E-state index in [1.54, 1.807) is 18.5 Å². The van der Waals surface area contributed by atoms with Gasteiger partial charge in [0.25, 0.3) is 0 Å². The molecule has 2 heterocycles. The van der Waals surface area contributed by atoms with Gasteiger partial charge in [-0.05, 0) is 80.2 Å². The zero-order chi connectivity index (χ0) is 28.8. The number of ketones is 1. The number of aliphatic hydroxyl groups is 1. The van der Waals surface area contributed by atoms with Crippen LogP contribution in [0.25, 0.3) is 0 Å². The van der Waals surface area contributed by atoms with E-state index >= 15 is 0 Å². The van der Waals surface area contributed by atoms with Gasteiger partial charge in [0.05, 0.1) is 5.69 Å². The van der Waals surface area contributed by atoms with E-state index in [-0.39, 0.29) is 10.7 Å². The van der Waals surface area contributed by atoms with E-state index in [4.69, 9.17) is 10.8 Å². The van der Waals surface area contributed by atoms with Crippen LogP contribution in [0.15, 0.2) is 45.9 Å². The van der Waals surface area contributed by atoms with E-state index < -0.39 is 0 Å². The number of nitrogens with two attached hydrogens (primary N) is 1. The van der Waals surface area contributed by atoms with Crippen molar-refractivity contribution < 1.29 is 14.8 Å². The molecule has 35 heavy (non-hydrogen) atoms. The van der Waals surface area contributed by atoms with Crippen molar-refractivity contribution in [3.63, 3.8) is 0 Å². The van der Waals surface area contributed by atoms with Gasteiger partial charge in [0.1, 0.15) is 5.78 Å². The second kappa shape index (κ2) is 38.3. The summed E-state index contributed by atoms with van der Waals surface area (Å²) >= 11 is 16.3. The maximum absolute atomic E-state index is 9.44. The Balaban J connectivity index is -0.000000110. The molecule has 0 saturated heterocycles. The summed E-state index contributed by atoms with van der Waals surface area (Å²) in [5, 5.41) is 7.00. The van der Waals surface area contributed by atoms with Crippen LogP contribution in [0.3, 0.4) is 0 Å². The number of hydrogen-bond acceptors (Lipinski definition) is 5. The van der Waals surface area contributed by atoms with Crippen molar-refractivity contribution in [2.24, 2.45) is 5.92 Å². The molecule has 0 fully saturated rings. The standard InChI is InChI=1S/C9H12BrN.C5H5BrN2.C3H6O.C3H7.C2H5I.CH4O.3HI.V/c1-7(2)3-8-4-9(10)6-11-5-8;6-4-1-5(7)3-8-2-4;1-3(2)4;1-3-2;1-2-3;1-2;;;;/h4-7H,3H2,1-2H3;1-3H,7H2;1-2H3;1,3H2,2H3;2H2,1H3;2H,1H3;3*1H;/q;;;-1;;;;;;+3/p-3. The number of Topliss-reactive ketones (excluding diaryl/α,β-unsaturated/α-hetero) is 1. The Kier molecular flexibility index (Phi) is 51.5. The van der Waals surface area contributed by atoms with Gasteiger partial charge in [0.2, 0.25) is 0 Å². The fourth-order valence-electron chi connectivity index (χ4n) is 1.47. The topological polar surface area (TPSA) is 89.1 Å². The Labute approximate surface area is 282 Å². The van der Waals surface area contributed by atoms with Crippen LogP contribution >= 0.6 is 114 Å². The van der Waals surface area contributed by atoms with Gasteiger partial charge in [-0.2, -0.15) is 6.42 Å². The Morgan fingerprint density at radius 3 is 1.57 bits per heavy atom. The van der Waals surface area contributed by atoms with Crippen molar-refractivity contribution in [1.29, 1.82) is 0 Å². The number of aliphatic hydroxyl groups excluding tert-OH is 1. The van der Waals surface area contributed by atoms with Gasteiger partial charge >= 0.3 is 64.9 Å². The predicted molar refractivity (Wildman–Crippen MR) is 194 cm³/mol. The summed E-state index contributed by atoms with van der Waals surface area (Å²) in [5.41, 5.74) is 7.35. The molecule has 0 unspecified atom stereocenters. The molecular weight excluding hydrogens is 1070 g/mol. The number of alkyl halides is 1. The minimum absolute atomic E-state index is 0.167. The monoisotopic (exact) mass is 1110 g/mol. The van der Waals surface area contributed by atoms with Gasteiger partial charge in [-0.15, -0.1) is 0 Å². The van der Waals surface area contributed by atoms with Crippen molar-refractivity contribution in [3.05, 3.63) is 58.4 Å². The van der Waals surface area contributed by atoms with Crippen LogP contribution < -0.4 is 5.73 Å². The van der Waals surface area contributed by atoms with Crippen LogP contribution in [-0.4, -0.2) is 32.4 Å². The van der Waals surface area contributed by atoms with E-state index in [9.17, 15) is 4.79 Å². The van der Waals surface area contributed by atoms with Crippen molar-refractivity contribution in [2.45, 2.75) is 54.4 Å². The Morgan fingerprint density at radius 1 is 1.03 bits per heavy atom. The van der Waals surface area contributed by atoms with Crippen LogP contribution in [0.5, 0.6) is 0 Å². The number of carbonyl (C=O) groups is 1. The number of hydrogen-bond donors (Lipinski definition) is 2.